The van der Waals surface area contributed by atoms with E-state index in [0.29, 0.717) is 31.4 Å². The maximum atomic E-state index is 10.6. The van der Waals surface area contributed by atoms with Crippen LogP contribution in [-0.4, -0.2) is 33.0 Å². The fraction of sp³-hybridized carbons (Fsp3) is 0.167. The van der Waals surface area contributed by atoms with Gasteiger partial charge in [0.1, 0.15) is 17.8 Å². The predicted molar refractivity (Wildman–Crippen MR) is 111 cm³/mol. The van der Waals surface area contributed by atoms with E-state index in [1.807, 2.05) is 30.3 Å². The fourth-order valence-corrected chi connectivity index (χ4v) is 2.79. The molecule has 9 nitrogen and oxygen atoms in total. The molecule has 0 fully saturated rings. The van der Waals surface area contributed by atoms with Crippen LogP contribution in [0.15, 0.2) is 59.3 Å². The minimum atomic E-state index is -0.479. The highest BCUT2D eigenvalue weighted by Crippen LogP contribution is 2.14. The molecule has 1 aromatic carbocycles. The summed E-state index contributed by atoms with van der Waals surface area (Å²) in [6.07, 6.45) is 2.91. The van der Waals surface area contributed by atoms with Gasteiger partial charge in [0.2, 0.25) is 5.95 Å². The molecule has 0 bridgehead atoms. The molecule has 2 heterocycles. The highest BCUT2D eigenvalue weighted by Gasteiger charge is 2.05. The minimum Gasteiger partial charge on any atom is -0.368 e. The quantitative estimate of drug-likeness (QED) is 0.260. The summed E-state index contributed by atoms with van der Waals surface area (Å²) in [5.41, 5.74) is 1.10. The lowest BCUT2D eigenvalue weighted by Gasteiger charge is -2.09. The van der Waals surface area contributed by atoms with Crippen LogP contribution in [-0.2, 0) is 6.54 Å². The molecule has 0 spiro atoms. The molecule has 0 saturated heterocycles. The van der Waals surface area contributed by atoms with E-state index in [1.165, 1.54) is 12.3 Å². The Bertz CT molecular complexity index is 937. The van der Waals surface area contributed by atoms with Crippen LogP contribution in [0, 0.1) is 10.1 Å². The van der Waals surface area contributed by atoms with E-state index in [9.17, 15) is 10.1 Å². The van der Waals surface area contributed by atoms with E-state index in [4.69, 9.17) is 0 Å². The zero-order valence-electron chi connectivity index (χ0n) is 14.8. The first-order valence-electron chi connectivity index (χ1n) is 8.50. The van der Waals surface area contributed by atoms with Crippen molar-refractivity contribution in [3.05, 3.63) is 75.0 Å². The third-order valence-corrected chi connectivity index (χ3v) is 4.18. The second-order valence-electron chi connectivity index (χ2n) is 5.76. The molecule has 0 aliphatic heterocycles. The number of hydrogen-bond donors (Lipinski definition) is 3. The Morgan fingerprint density at radius 2 is 1.86 bits per heavy atom. The van der Waals surface area contributed by atoms with Crippen molar-refractivity contribution < 1.29 is 4.92 Å². The van der Waals surface area contributed by atoms with Crippen molar-refractivity contribution in [3.8, 4) is 0 Å². The Kier molecular flexibility index (Phi) is 6.68. The third kappa shape index (κ3) is 5.88. The number of nitrogens with zero attached hydrogens (tertiary/aromatic N) is 4. The van der Waals surface area contributed by atoms with Crippen molar-refractivity contribution in [2.75, 3.05) is 29.0 Å². The van der Waals surface area contributed by atoms with Gasteiger partial charge in [0, 0.05) is 36.4 Å². The monoisotopic (exact) mass is 443 g/mol. The smallest absolute Gasteiger partial charge is 0.287 e. The Morgan fingerprint density at radius 1 is 1.00 bits per heavy atom. The molecule has 2 aromatic heterocycles. The van der Waals surface area contributed by atoms with Gasteiger partial charge in [-0.25, -0.2) is 9.97 Å². The lowest BCUT2D eigenvalue weighted by atomic mass is 10.2. The molecule has 0 unspecified atom stereocenters. The van der Waals surface area contributed by atoms with E-state index in [-0.39, 0.29) is 5.69 Å². The molecular weight excluding hydrogens is 426 g/mol. The first-order valence-corrected chi connectivity index (χ1v) is 9.29. The molecule has 0 atom stereocenters. The van der Waals surface area contributed by atoms with Gasteiger partial charge in [0.05, 0.1) is 4.92 Å². The van der Waals surface area contributed by atoms with Gasteiger partial charge in [-0.05, 0) is 29.8 Å². The number of anilines is 3. The SMILES string of the molecule is O=[N+]([O-])c1ccc(NCCNc2nccc(NCc3cccc(Br)c3)n2)nc1. The normalized spacial score (nSPS) is 10.3. The lowest BCUT2D eigenvalue weighted by Crippen LogP contribution is -2.16. The van der Waals surface area contributed by atoms with E-state index in [0.717, 1.165) is 15.9 Å². The molecule has 144 valence electrons. The van der Waals surface area contributed by atoms with E-state index in [2.05, 4.69) is 46.8 Å². The van der Waals surface area contributed by atoms with E-state index >= 15 is 0 Å². The fourth-order valence-electron chi connectivity index (χ4n) is 2.35. The zero-order valence-corrected chi connectivity index (χ0v) is 16.4. The lowest BCUT2D eigenvalue weighted by molar-refractivity contribution is -0.385. The van der Waals surface area contributed by atoms with E-state index in [1.54, 1.807) is 12.3 Å². The highest BCUT2D eigenvalue weighted by molar-refractivity contribution is 9.10. The summed E-state index contributed by atoms with van der Waals surface area (Å²) in [6.45, 7) is 1.78. The predicted octanol–water partition coefficient (Wildman–Crippen LogP) is 3.68. The molecule has 0 aliphatic rings. The van der Waals surface area contributed by atoms with Crippen LogP contribution in [0.1, 0.15) is 5.56 Å². The summed E-state index contributed by atoms with van der Waals surface area (Å²) in [5.74, 6) is 1.80. The van der Waals surface area contributed by atoms with Gasteiger partial charge in [0.15, 0.2) is 0 Å². The summed E-state index contributed by atoms with van der Waals surface area (Å²) in [7, 11) is 0. The standard InChI is InChI=1S/C18H18BrN7O2/c19-14-3-1-2-13(10-14)11-23-17-6-7-21-18(25-17)22-9-8-20-16-5-4-15(12-24-16)26(27)28/h1-7,10,12H,8-9,11H2,(H,20,24)(H2,21,22,23,25). The van der Waals surface area contributed by atoms with Crippen LogP contribution in [0.25, 0.3) is 0 Å². The Balaban J connectivity index is 1.44. The van der Waals surface area contributed by atoms with Crippen LogP contribution in [0.3, 0.4) is 0 Å². The number of pyridine rings is 1. The number of hydrogen-bond acceptors (Lipinski definition) is 8. The number of aromatic nitrogens is 3. The molecule has 10 heteroatoms. The van der Waals surface area contributed by atoms with Crippen LogP contribution in [0.2, 0.25) is 0 Å². The first kappa shape index (κ1) is 19.5. The minimum absolute atomic E-state index is 0.0377. The highest BCUT2D eigenvalue weighted by atomic mass is 79.9. The van der Waals surface area contributed by atoms with E-state index < -0.39 is 4.92 Å². The van der Waals surface area contributed by atoms with Crippen molar-refractivity contribution >= 4 is 39.2 Å². The van der Waals surface area contributed by atoms with Crippen molar-refractivity contribution in [1.29, 1.82) is 0 Å². The third-order valence-electron chi connectivity index (χ3n) is 3.69. The van der Waals surface area contributed by atoms with Crippen LogP contribution in [0.5, 0.6) is 0 Å². The van der Waals surface area contributed by atoms with Crippen molar-refractivity contribution in [3.63, 3.8) is 0 Å². The van der Waals surface area contributed by atoms with Crippen LogP contribution in [0.4, 0.5) is 23.3 Å². The van der Waals surface area contributed by atoms with Gasteiger partial charge in [-0.15, -0.1) is 0 Å². The zero-order chi connectivity index (χ0) is 19.8. The number of nitrogens with one attached hydrogen (secondary N) is 3. The van der Waals surface area contributed by atoms with Crippen molar-refractivity contribution in [1.82, 2.24) is 15.0 Å². The summed E-state index contributed by atoms with van der Waals surface area (Å²) in [5, 5.41) is 20.1. The average molecular weight is 444 g/mol. The number of halogens is 1. The van der Waals surface area contributed by atoms with Gasteiger partial charge in [-0.3, -0.25) is 10.1 Å². The molecular formula is C18H18BrN7O2. The molecule has 3 N–H and O–H groups in total. The Hall–Kier alpha value is -3.27. The van der Waals surface area contributed by atoms with Gasteiger partial charge >= 0.3 is 0 Å². The van der Waals surface area contributed by atoms with Crippen molar-refractivity contribution in [2.45, 2.75) is 6.54 Å². The second-order valence-corrected chi connectivity index (χ2v) is 6.68. The second kappa shape index (κ2) is 9.60. The number of rotatable bonds is 9. The van der Waals surface area contributed by atoms with Gasteiger partial charge in [0.25, 0.3) is 5.69 Å². The summed E-state index contributed by atoms with van der Waals surface area (Å²) < 4.78 is 1.03. The molecule has 0 aliphatic carbocycles. The summed E-state index contributed by atoms with van der Waals surface area (Å²) in [4.78, 5) is 22.7. The average Bonchev–Trinajstić information content (AvgIpc) is 2.70. The number of benzene rings is 1. The van der Waals surface area contributed by atoms with Gasteiger partial charge in [-0.1, -0.05) is 28.1 Å². The molecule has 3 rings (SSSR count). The Morgan fingerprint density at radius 3 is 2.61 bits per heavy atom. The number of nitro groups is 1. The Labute approximate surface area is 169 Å². The maximum Gasteiger partial charge on any atom is 0.287 e. The molecule has 0 radical (unpaired) electrons. The maximum absolute atomic E-state index is 10.6. The summed E-state index contributed by atoms with van der Waals surface area (Å²) >= 11 is 3.46. The van der Waals surface area contributed by atoms with Gasteiger partial charge < -0.3 is 16.0 Å². The molecule has 3 aromatic rings. The molecule has 0 amide bonds. The summed E-state index contributed by atoms with van der Waals surface area (Å²) in [6, 6.07) is 12.8. The molecule has 0 saturated carbocycles. The van der Waals surface area contributed by atoms with Crippen LogP contribution >= 0.6 is 15.9 Å². The van der Waals surface area contributed by atoms with Crippen molar-refractivity contribution in [2.24, 2.45) is 0 Å². The molecule has 28 heavy (non-hydrogen) atoms. The van der Waals surface area contributed by atoms with Gasteiger partial charge in [-0.2, -0.15) is 4.98 Å². The van der Waals surface area contributed by atoms with Crippen LogP contribution < -0.4 is 16.0 Å². The largest absolute Gasteiger partial charge is 0.368 e. The first-order chi connectivity index (χ1) is 13.6. The topological polar surface area (TPSA) is 118 Å².